The number of ether oxygens (including phenoxy) is 1. The van der Waals surface area contributed by atoms with E-state index in [2.05, 4.69) is 5.10 Å². The minimum absolute atomic E-state index is 0.100. The van der Waals surface area contributed by atoms with Crippen LogP contribution in [-0.2, 0) is 29.3 Å². The average molecular weight is 384 g/mol. The zero-order valence-corrected chi connectivity index (χ0v) is 14.8. The lowest BCUT2D eigenvalue weighted by molar-refractivity contribution is -0.146. The molecule has 27 heavy (non-hydrogen) atoms. The van der Waals surface area contributed by atoms with Crippen LogP contribution in [0, 0.1) is 0 Å². The predicted molar refractivity (Wildman–Crippen MR) is 88.8 cm³/mol. The molecule has 1 aromatic carbocycles. The Morgan fingerprint density at radius 1 is 1.37 bits per heavy atom. The van der Waals surface area contributed by atoms with Crippen molar-refractivity contribution in [2.24, 2.45) is 7.05 Å². The van der Waals surface area contributed by atoms with Gasteiger partial charge < -0.3 is 9.64 Å². The van der Waals surface area contributed by atoms with E-state index in [0.717, 1.165) is 16.8 Å². The molecule has 146 valence electrons. The Kier molecular flexibility index (Phi) is 5.09. The maximum absolute atomic E-state index is 12.9. The first-order chi connectivity index (χ1) is 12.7. The van der Waals surface area contributed by atoms with E-state index in [1.54, 1.807) is 13.0 Å². The third-order valence-corrected chi connectivity index (χ3v) is 4.51. The highest BCUT2D eigenvalue weighted by Crippen LogP contribution is 2.32. The molecule has 2 aromatic rings. The van der Waals surface area contributed by atoms with Crippen LogP contribution >= 0.6 is 0 Å². The topological polar surface area (TPSA) is 69.4 Å². The SMILES string of the molecule is CC1COC(c2cccc(C(F)(F)F)c2)CN1C(=O)Cn1ncn(C)c1=O. The number of halogens is 3. The van der Waals surface area contributed by atoms with Crippen LogP contribution in [-0.4, -0.2) is 44.3 Å². The summed E-state index contributed by atoms with van der Waals surface area (Å²) < 4.78 is 46.8. The molecule has 2 heterocycles. The van der Waals surface area contributed by atoms with Gasteiger partial charge in [0.2, 0.25) is 5.91 Å². The number of aryl methyl sites for hydroxylation is 1. The molecular formula is C17H19F3N4O3. The monoisotopic (exact) mass is 384 g/mol. The molecule has 0 bridgehead atoms. The molecule has 1 amide bonds. The highest BCUT2D eigenvalue weighted by molar-refractivity contribution is 5.76. The van der Waals surface area contributed by atoms with Crippen molar-refractivity contribution in [3.05, 3.63) is 52.2 Å². The zero-order chi connectivity index (χ0) is 19.8. The van der Waals surface area contributed by atoms with Crippen LogP contribution in [0.15, 0.2) is 35.4 Å². The summed E-state index contributed by atoms with van der Waals surface area (Å²) in [5.41, 5.74) is -0.830. The first-order valence-corrected chi connectivity index (χ1v) is 8.33. The number of nitrogens with zero attached hydrogens (tertiary/aromatic N) is 4. The van der Waals surface area contributed by atoms with E-state index in [1.165, 1.54) is 28.9 Å². The van der Waals surface area contributed by atoms with Crippen molar-refractivity contribution in [2.45, 2.75) is 31.8 Å². The summed E-state index contributed by atoms with van der Waals surface area (Å²) in [4.78, 5) is 26.0. The van der Waals surface area contributed by atoms with Gasteiger partial charge in [-0.25, -0.2) is 9.48 Å². The van der Waals surface area contributed by atoms with Gasteiger partial charge in [-0.1, -0.05) is 12.1 Å². The fourth-order valence-corrected chi connectivity index (χ4v) is 2.97. The van der Waals surface area contributed by atoms with Gasteiger partial charge in [-0.05, 0) is 24.6 Å². The molecule has 1 aromatic heterocycles. The smallest absolute Gasteiger partial charge is 0.370 e. The molecule has 0 spiro atoms. The van der Waals surface area contributed by atoms with Gasteiger partial charge in [0.1, 0.15) is 19.0 Å². The summed E-state index contributed by atoms with van der Waals surface area (Å²) in [6.45, 7) is 1.83. The van der Waals surface area contributed by atoms with Crippen LogP contribution in [0.1, 0.15) is 24.2 Å². The molecule has 0 N–H and O–H groups in total. The van der Waals surface area contributed by atoms with Crippen molar-refractivity contribution in [1.82, 2.24) is 19.2 Å². The van der Waals surface area contributed by atoms with E-state index >= 15 is 0 Å². The summed E-state index contributed by atoms with van der Waals surface area (Å²) in [6, 6.07) is 4.62. The molecule has 2 atom stereocenters. The van der Waals surface area contributed by atoms with Crippen molar-refractivity contribution in [1.29, 1.82) is 0 Å². The molecule has 0 radical (unpaired) electrons. The molecule has 7 nitrogen and oxygen atoms in total. The largest absolute Gasteiger partial charge is 0.416 e. The average Bonchev–Trinajstić information content (AvgIpc) is 2.93. The van der Waals surface area contributed by atoms with Crippen LogP contribution in [0.2, 0.25) is 0 Å². The number of amides is 1. The molecule has 1 aliphatic heterocycles. The molecule has 1 saturated heterocycles. The normalized spacial score (nSPS) is 20.7. The van der Waals surface area contributed by atoms with Gasteiger partial charge in [0.15, 0.2) is 0 Å². The second kappa shape index (κ2) is 7.18. The fraction of sp³-hybridized carbons (Fsp3) is 0.471. The number of aromatic nitrogens is 3. The third-order valence-electron chi connectivity index (χ3n) is 4.51. The third kappa shape index (κ3) is 4.05. The van der Waals surface area contributed by atoms with E-state index in [1.807, 2.05) is 0 Å². The van der Waals surface area contributed by atoms with Gasteiger partial charge in [0.25, 0.3) is 0 Å². The second-order valence-electron chi connectivity index (χ2n) is 6.52. The summed E-state index contributed by atoms with van der Waals surface area (Å²) >= 11 is 0. The number of alkyl halides is 3. The van der Waals surface area contributed by atoms with E-state index in [0.29, 0.717) is 5.56 Å². The molecule has 2 unspecified atom stereocenters. The quantitative estimate of drug-likeness (QED) is 0.806. The van der Waals surface area contributed by atoms with Gasteiger partial charge in [-0.15, -0.1) is 0 Å². The maximum Gasteiger partial charge on any atom is 0.416 e. The summed E-state index contributed by atoms with van der Waals surface area (Å²) in [5, 5.41) is 3.85. The van der Waals surface area contributed by atoms with Crippen LogP contribution in [0.5, 0.6) is 0 Å². The minimum atomic E-state index is -4.45. The maximum atomic E-state index is 12.9. The van der Waals surface area contributed by atoms with E-state index < -0.39 is 23.5 Å². The second-order valence-corrected chi connectivity index (χ2v) is 6.52. The van der Waals surface area contributed by atoms with E-state index in [4.69, 9.17) is 4.74 Å². The molecule has 0 aliphatic carbocycles. The van der Waals surface area contributed by atoms with Crippen LogP contribution < -0.4 is 5.69 Å². The van der Waals surface area contributed by atoms with Crippen molar-refractivity contribution in [3.63, 3.8) is 0 Å². The lowest BCUT2D eigenvalue weighted by Gasteiger charge is -2.38. The Hall–Kier alpha value is -2.62. The van der Waals surface area contributed by atoms with Gasteiger partial charge in [0.05, 0.1) is 24.8 Å². The van der Waals surface area contributed by atoms with E-state index in [9.17, 15) is 22.8 Å². The summed E-state index contributed by atoms with van der Waals surface area (Å²) in [5.74, 6) is -0.344. The Morgan fingerprint density at radius 3 is 2.74 bits per heavy atom. The number of carbonyl (C=O) groups is 1. The Labute approximate surface area is 152 Å². The van der Waals surface area contributed by atoms with Gasteiger partial charge in [-0.3, -0.25) is 9.36 Å². The molecule has 1 fully saturated rings. The number of hydrogen-bond donors (Lipinski definition) is 0. The van der Waals surface area contributed by atoms with Crippen molar-refractivity contribution >= 4 is 5.91 Å². The fourth-order valence-electron chi connectivity index (χ4n) is 2.97. The Morgan fingerprint density at radius 2 is 2.11 bits per heavy atom. The predicted octanol–water partition coefficient (Wildman–Crippen LogP) is 1.59. The molecule has 10 heteroatoms. The zero-order valence-electron chi connectivity index (χ0n) is 14.8. The van der Waals surface area contributed by atoms with Crippen LogP contribution in [0.4, 0.5) is 13.2 Å². The minimum Gasteiger partial charge on any atom is -0.370 e. The number of rotatable bonds is 3. The standard InChI is InChI=1S/C17H19F3N4O3/c1-11-9-27-14(12-4-3-5-13(6-12)17(18,19)20)7-23(11)15(25)8-24-16(26)22(2)10-21-24/h3-6,10-11,14H,7-9H2,1-2H3. The van der Waals surface area contributed by atoms with Gasteiger partial charge in [0, 0.05) is 7.05 Å². The number of carbonyl (C=O) groups excluding carboxylic acids is 1. The van der Waals surface area contributed by atoms with Gasteiger partial charge in [-0.2, -0.15) is 18.3 Å². The van der Waals surface area contributed by atoms with Crippen LogP contribution in [0.3, 0.4) is 0 Å². The number of hydrogen-bond acceptors (Lipinski definition) is 4. The summed E-state index contributed by atoms with van der Waals surface area (Å²) in [7, 11) is 1.53. The Bertz CT molecular complexity index is 890. The summed E-state index contributed by atoms with van der Waals surface area (Å²) in [6.07, 6.45) is -3.81. The number of benzene rings is 1. The van der Waals surface area contributed by atoms with Crippen molar-refractivity contribution in [3.8, 4) is 0 Å². The first-order valence-electron chi connectivity index (χ1n) is 8.33. The van der Waals surface area contributed by atoms with Gasteiger partial charge >= 0.3 is 11.9 Å². The lowest BCUT2D eigenvalue weighted by atomic mass is 10.0. The van der Waals surface area contributed by atoms with Crippen molar-refractivity contribution in [2.75, 3.05) is 13.2 Å². The first kappa shape index (κ1) is 19.2. The molecule has 0 saturated carbocycles. The van der Waals surface area contributed by atoms with Crippen molar-refractivity contribution < 1.29 is 22.7 Å². The Balaban J connectivity index is 1.77. The molecule has 1 aliphatic rings. The van der Waals surface area contributed by atoms with E-state index in [-0.39, 0.29) is 31.6 Å². The molecular weight excluding hydrogens is 365 g/mol. The number of morpholine rings is 1. The van der Waals surface area contributed by atoms with Crippen LogP contribution in [0.25, 0.3) is 0 Å². The highest BCUT2D eigenvalue weighted by atomic mass is 19.4. The lowest BCUT2D eigenvalue weighted by Crippen LogP contribution is -2.50. The molecule has 3 rings (SSSR count). The highest BCUT2D eigenvalue weighted by Gasteiger charge is 2.34.